The second kappa shape index (κ2) is 7.15. The molecule has 0 aliphatic carbocycles. The first kappa shape index (κ1) is 17.3. The first-order valence-electron chi connectivity index (χ1n) is 8.49. The highest BCUT2D eigenvalue weighted by Gasteiger charge is 2.48. The minimum absolute atomic E-state index is 0.202. The fourth-order valence-corrected chi connectivity index (χ4v) is 3.93. The van der Waals surface area contributed by atoms with Crippen LogP contribution in [0.25, 0.3) is 0 Å². The molecule has 3 rings (SSSR count). The van der Waals surface area contributed by atoms with E-state index in [-0.39, 0.29) is 11.3 Å². The molecule has 1 unspecified atom stereocenters. The van der Waals surface area contributed by atoms with E-state index in [1.807, 2.05) is 4.90 Å². The van der Waals surface area contributed by atoms with Crippen LogP contribution in [0.4, 0.5) is 8.78 Å². The van der Waals surface area contributed by atoms with Crippen molar-refractivity contribution >= 4 is 5.91 Å². The van der Waals surface area contributed by atoms with Gasteiger partial charge in [0.15, 0.2) is 0 Å². The summed E-state index contributed by atoms with van der Waals surface area (Å²) in [5.41, 5.74) is 0.135. The van der Waals surface area contributed by atoms with Crippen LogP contribution in [0.5, 0.6) is 0 Å². The number of hydrogen-bond acceptors (Lipinski definition) is 3. The normalized spacial score (nSPS) is 25.0. The third kappa shape index (κ3) is 3.44. The van der Waals surface area contributed by atoms with Gasteiger partial charge in [0.2, 0.25) is 5.91 Å². The van der Waals surface area contributed by atoms with Crippen molar-refractivity contribution in [3.05, 3.63) is 35.4 Å². The van der Waals surface area contributed by atoms with E-state index in [4.69, 9.17) is 4.74 Å². The van der Waals surface area contributed by atoms with E-state index < -0.39 is 11.6 Å². The van der Waals surface area contributed by atoms with Crippen LogP contribution in [0, 0.1) is 17.0 Å². The lowest BCUT2D eigenvalue weighted by Gasteiger charge is -2.39. The van der Waals surface area contributed by atoms with Gasteiger partial charge in [0.1, 0.15) is 11.6 Å². The summed E-state index contributed by atoms with van der Waals surface area (Å²) in [7, 11) is 1.64. The summed E-state index contributed by atoms with van der Waals surface area (Å²) in [4.78, 5) is 16.9. The van der Waals surface area contributed by atoms with E-state index in [1.54, 1.807) is 7.11 Å². The molecule has 2 fully saturated rings. The maximum Gasteiger partial charge on any atom is 0.230 e. The standard InChI is InChI=1S/C18H24F2N2O2/c1-24-10-9-22-7-2-5-18(17(22)23)6-8-21(13-18)12-14-3-4-15(19)11-16(14)20/h3-4,11H,2,5-10,12-13H2,1H3. The lowest BCUT2D eigenvalue weighted by Crippen LogP contribution is -2.50. The molecule has 0 aromatic heterocycles. The fraction of sp³-hybridized carbons (Fsp3) is 0.611. The molecule has 0 N–H and O–H groups in total. The highest BCUT2D eigenvalue weighted by Crippen LogP contribution is 2.40. The largest absolute Gasteiger partial charge is 0.383 e. The Morgan fingerprint density at radius 2 is 2.08 bits per heavy atom. The van der Waals surface area contributed by atoms with Crippen LogP contribution in [-0.2, 0) is 16.1 Å². The number of methoxy groups -OCH3 is 1. The molecule has 2 saturated heterocycles. The summed E-state index contributed by atoms with van der Waals surface area (Å²) < 4.78 is 32.0. The van der Waals surface area contributed by atoms with E-state index in [0.717, 1.165) is 38.4 Å². The Hall–Kier alpha value is -1.53. The Bertz CT molecular complexity index is 611. The second-order valence-electron chi connectivity index (χ2n) is 6.87. The number of halogens is 2. The highest BCUT2D eigenvalue weighted by atomic mass is 19.1. The number of carbonyl (C=O) groups excluding carboxylic acids is 1. The molecule has 1 atom stereocenters. The monoisotopic (exact) mass is 338 g/mol. The van der Waals surface area contributed by atoms with Gasteiger partial charge in [-0.1, -0.05) is 6.07 Å². The van der Waals surface area contributed by atoms with Crippen LogP contribution in [0.2, 0.25) is 0 Å². The van der Waals surface area contributed by atoms with Crippen molar-refractivity contribution in [2.24, 2.45) is 5.41 Å². The van der Waals surface area contributed by atoms with E-state index in [0.29, 0.717) is 31.8 Å². The Morgan fingerprint density at radius 3 is 2.83 bits per heavy atom. The maximum absolute atomic E-state index is 13.9. The number of rotatable bonds is 5. The molecule has 1 spiro atoms. The van der Waals surface area contributed by atoms with Gasteiger partial charge in [-0.15, -0.1) is 0 Å². The molecule has 6 heteroatoms. The molecule has 2 heterocycles. The first-order chi connectivity index (χ1) is 11.5. The topological polar surface area (TPSA) is 32.8 Å². The van der Waals surface area contributed by atoms with Crippen LogP contribution in [0.3, 0.4) is 0 Å². The lowest BCUT2D eigenvalue weighted by molar-refractivity contribution is -0.146. The summed E-state index contributed by atoms with van der Waals surface area (Å²) >= 11 is 0. The van der Waals surface area contributed by atoms with Gasteiger partial charge in [0, 0.05) is 44.9 Å². The highest BCUT2D eigenvalue weighted by molar-refractivity contribution is 5.84. The lowest BCUT2D eigenvalue weighted by atomic mass is 9.78. The van der Waals surface area contributed by atoms with Crippen LogP contribution >= 0.6 is 0 Å². The molecule has 2 aliphatic heterocycles. The van der Waals surface area contributed by atoms with Crippen molar-refractivity contribution in [2.75, 3.05) is 39.9 Å². The number of hydrogen-bond donors (Lipinski definition) is 0. The molecule has 4 nitrogen and oxygen atoms in total. The Labute approximate surface area is 141 Å². The van der Waals surface area contributed by atoms with E-state index in [2.05, 4.69) is 4.90 Å². The summed E-state index contributed by atoms with van der Waals surface area (Å²) in [5, 5.41) is 0. The Balaban J connectivity index is 1.66. The van der Waals surface area contributed by atoms with Crippen molar-refractivity contribution in [1.82, 2.24) is 9.80 Å². The predicted molar refractivity (Wildman–Crippen MR) is 86.4 cm³/mol. The Morgan fingerprint density at radius 1 is 1.25 bits per heavy atom. The third-order valence-electron chi connectivity index (χ3n) is 5.23. The van der Waals surface area contributed by atoms with Crippen LogP contribution < -0.4 is 0 Å². The maximum atomic E-state index is 13.9. The van der Waals surface area contributed by atoms with Gasteiger partial charge >= 0.3 is 0 Å². The molecule has 1 aromatic carbocycles. The van der Waals surface area contributed by atoms with E-state index in [9.17, 15) is 13.6 Å². The quantitative estimate of drug-likeness (QED) is 0.827. The molecule has 1 amide bonds. The van der Waals surface area contributed by atoms with Crippen LogP contribution in [0.1, 0.15) is 24.8 Å². The van der Waals surface area contributed by atoms with Gasteiger partial charge in [-0.05, 0) is 31.9 Å². The van der Waals surface area contributed by atoms with Crippen molar-refractivity contribution in [3.63, 3.8) is 0 Å². The zero-order chi connectivity index (χ0) is 17.2. The minimum atomic E-state index is -0.564. The number of benzene rings is 1. The van der Waals surface area contributed by atoms with E-state index in [1.165, 1.54) is 12.1 Å². The predicted octanol–water partition coefficient (Wildman–Crippen LogP) is 2.43. The average molecular weight is 338 g/mol. The van der Waals surface area contributed by atoms with Gasteiger partial charge in [0.05, 0.1) is 12.0 Å². The first-order valence-corrected chi connectivity index (χ1v) is 8.49. The molecule has 132 valence electrons. The number of nitrogens with zero attached hydrogens (tertiary/aromatic N) is 2. The minimum Gasteiger partial charge on any atom is -0.383 e. The average Bonchev–Trinajstić information content (AvgIpc) is 2.96. The van der Waals surface area contributed by atoms with Gasteiger partial charge in [-0.25, -0.2) is 8.78 Å². The summed E-state index contributed by atoms with van der Waals surface area (Å²) in [6.07, 6.45) is 2.68. The number of likely N-dealkylation sites (tertiary alicyclic amines) is 2. The number of ether oxygens (including phenoxy) is 1. The SMILES string of the molecule is COCCN1CCCC2(CCN(Cc3ccc(F)cc3F)C2)C1=O. The number of carbonyl (C=O) groups is 1. The number of piperidine rings is 1. The zero-order valence-electron chi connectivity index (χ0n) is 14.1. The second-order valence-corrected chi connectivity index (χ2v) is 6.87. The molecule has 0 radical (unpaired) electrons. The molecule has 0 bridgehead atoms. The summed E-state index contributed by atoms with van der Waals surface area (Å²) in [5.74, 6) is -0.883. The van der Waals surface area contributed by atoms with Gasteiger partial charge in [-0.2, -0.15) is 0 Å². The fourth-order valence-electron chi connectivity index (χ4n) is 3.93. The van der Waals surface area contributed by atoms with Crippen molar-refractivity contribution in [2.45, 2.75) is 25.8 Å². The zero-order valence-corrected chi connectivity index (χ0v) is 14.1. The van der Waals surface area contributed by atoms with E-state index >= 15 is 0 Å². The van der Waals surface area contributed by atoms with Gasteiger partial charge in [-0.3, -0.25) is 9.69 Å². The Kier molecular flexibility index (Phi) is 5.15. The molecular weight excluding hydrogens is 314 g/mol. The van der Waals surface area contributed by atoms with Crippen LogP contribution in [-0.4, -0.2) is 55.6 Å². The molecule has 24 heavy (non-hydrogen) atoms. The smallest absolute Gasteiger partial charge is 0.230 e. The van der Waals surface area contributed by atoms with Crippen LogP contribution in [0.15, 0.2) is 18.2 Å². The van der Waals surface area contributed by atoms with Gasteiger partial charge in [0.25, 0.3) is 0 Å². The molecule has 1 aromatic rings. The molecule has 2 aliphatic rings. The molecule has 0 saturated carbocycles. The van der Waals surface area contributed by atoms with Gasteiger partial charge < -0.3 is 9.64 Å². The van der Waals surface area contributed by atoms with Crippen molar-refractivity contribution in [1.29, 1.82) is 0 Å². The molecular formula is C18H24F2N2O2. The van der Waals surface area contributed by atoms with Crippen molar-refractivity contribution in [3.8, 4) is 0 Å². The summed E-state index contributed by atoms with van der Waals surface area (Å²) in [6, 6.07) is 3.69. The number of amides is 1. The van der Waals surface area contributed by atoms with Crippen molar-refractivity contribution < 1.29 is 18.3 Å². The third-order valence-corrected chi connectivity index (χ3v) is 5.23. The summed E-state index contributed by atoms with van der Waals surface area (Å²) in [6.45, 7) is 3.79.